The predicted octanol–water partition coefficient (Wildman–Crippen LogP) is 3.08. The number of nitrogens with one attached hydrogen (secondary N) is 2. The van der Waals surface area contributed by atoms with Crippen molar-refractivity contribution >= 4 is 11.9 Å². The molecule has 0 aromatic heterocycles. The average Bonchev–Trinajstić information content (AvgIpc) is 2.64. The van der Waals surface area contributed by atoms with E-state index >= 15 is 0 Å². The van der Waals surface area contributed by atoms with E-state index in [1.807, 2.05) is 0 Å². The highest BCUT2D eigenvalue weighted by Crippen LogP contribution is 2.26. The summed E-state index contributed by atoms with van der Waals surface area (Å²) in [5.74, 6) is 0.485. The molecule has 4 N–H and O–H groups in total. The molecule has 2 rings (SSSR count). The first-order chi connectivity index (χ1) is 13.3. The zero-order valence-electron chi connectivity index (χ0n) is 15.7. The number of nitrogens with zero attached hydrogens (tertiary/aromatic N) is 1. The standard InChI is InChI=1S/C19H27F3N4O2/c20-19(21,22)28-16-8-6-15(7-9-16)13-26-18(23)25-11-10-24-17(27)12-14-4-2-1-3-5-14/h6-9,14H,1-5,10-13H2,(H,24,27)(H3,23,25,26). The largest absolute Gasteiger partial charge is 0.573 e. The molecular weight excluding hydrogens is 373 g/mol. The van der Waals surface area contributed by atoms with Crippen LogP contribution in [0.25, 0.3) is 0 Å². The van der Waals surface area contributed by atoms with E-state index < -0.39 is 6.36 Å². The first kappa shape index (κ1) is 21.8. The number of hydrogen-bond donors (Lipinski definition) is 3. The molecule has 1 aliphatic carbocycles. The molecule has 28 heavy (non-hydrogen) atoms. The molecule has 1 aliphatic rings. The number of halogens is 3. The lowest BCUT2D eigenvalue weighted by molar-refractivity contribution is -0.274. The summed E-state index contributed by atoms with van der Waals surface area (Å²) in [5, 5.41) is 5.76. The molecule has 0 spiro atoms. The van der Waals surface area contributed by atoms with E-state index in [0.717, 1.165) is 12.8 Å². The average molecular weight is 400 g/mol. The summed E-state index contributed by atoms with van der Waals surface area (Å²) in [6.45, 7) is 1.12. The van der Waals surface area contributed by atoms with Crippen molar-refractivity contribution in [2.24, 2.45) is 16.6 Å². The predicted molar refractivity (Wildman–Crippen MR) is 101 cm³/mol. The lowest BCUT2D eigenvalue weighted by atomic mass is 9.87. The smallest absolute Gasteiger partial charge is 0.406 e. The van der Waals surface area contributed by atoms with Crippen LogP contribution >= 0.6 is 0 Å². The second-order valence-electron chi connectivity index (χ2n) is 6.88. The summed E-state index contributed by atoms with van der Waals surface area (Å²) in [5.41, 5.74) is 6.45. The van der Waals surface area contributed by atoms with Gasteiger partial charge in [0.25, 0.3) is 0 Å². The molecule has 1 amide bonds. The van der Waals surface area contributed by atoms with Gasteiger partial charge in [0.05, 0.1) is 6.54 Å². The third-order valence-corrected chi connectivity index (χ3v) is 4.54. The highest BCUT2D eigenvalue weighted by atomic mass is 19.4. The van der Waals surface area contributed by atoms with Crippen molar-refractivity contribution in [1.29, 1.82) is 0 Å². The number of amides is 1. The van der Waals surface area contributed by atoms with Crippen LogP contribution in [0.1, 0.15) is 44.1 Å². The first-order valence-electron chi connectivity index (χ1n) is 9.47. The van der Waals surface area contributed by atoms with Crippen LogP contribution in [0.3, 0.4) is 0 Å². The summed E-state index contributed by atoms with van der Waals surface area (Å²) >= 11 is 0. The Morgan fingerprint density at radius 1 is 1.11 bits per heavy atom. The van der Waals surface area contributed by atoms with Crippen LogP contribution in [0.15, 0.2) is 29.3 Å². The normalized spacial score (nSPS) is 15.9. The molecule has 1 aromatic carbocycles. The topological polar surface area (TPSA) is 88.7 Å². The third kappa shape index (κ3) is 8.96. The maximum Gasteiger partial charge on any atom is 0.573 e. The van der Waals surface area contributed by atoms with Gasteiger partial charge in [-0.2, -0.15) is 0 Å². The SMILES string of the molecule is NC(=NCc1ccc(OC(F)(F)F)cc1)NCCNC(=O)CC1CCCCC1. The van der Waals surface area contributed by atoms with Crippen molar-refractivity contribution in [3.8, 4) is 5.75 Å². The number of guanidine groups is 1. The molecule has 9 heteroatoms. The van der Waals surface area contributed by atoms with E-state index in [4.69, 9.17) is 5.73 Å². The summed E-state index contributed by atoms with van der Waals surface area (Å²) in [4.78, 5) is 16.0. The van der Waals surface area contributed by atoms with Gasteiger partial charge in [-0.3, -0.25) is 4.79 Å². The summed E-state index contributed by atoms with van der Waals surface area (Å²) in [6.07, 6.45) is 1.84. The number of alkyl halides is 3. The van der Waals surface area contributed by atoms with Crippen molar-refractivity contribution in [2.45, 2.75) is 51.4 Å². The molecule has 0 saturated heterocycles. The molecule has 0 unspecified atom stereocenters. The monoisotopic (exact) mass is 400 g/mol. The van der Waals surface area contributed by atoms with E-state index in [1.54, 1.807) is 0 Å². The van der Waals surface area contributed by atoms with Crippen LogP contribution < -0.4 is 21.1 Å². The number of carbonyl (C=O) groups excluding carboxylic acids is 1. The molecule has 6 nitrogen and oxygen atoms in total. The number of nitrogens with two attached hydrogens (primary N) is 1. The summed E-state index contributed by atoms with van der Waals surface area (Å²) < 4.78 is 40.2. The Morgan fingerprint density at radius 2 is 1.75 bits per heavy atom. The lowest BCUT2D eigenvalue weighted by Crippen LogP contribution is -2.38. The van der Waals surface area contributed by atoms with Crippen molar-refractivity contribution in [1.82, 2.24) is 10.6 Å². The van der Waals surface area contributed by atoms with Crippen LogP contribution in [-0.4, -0.2) is 31.3 Å². The van der Waals surface area contributed by atoms with Gasteiger partial charge in [-0.05, 0) is 36.5 Å². The molecule has 0 aliphatic heterocycles. The van der Waals surface area contributed by atoms with Gasteiger partial charge in [-0.25, -0.2) is 4.99 Å². The zero-order valence-corrected chi connectivity index (χ0v) is 15.7. The Balaban J connectivity index is 1.62. The van der Waals surface area contributed by atoms with Crippen LogP contribution in [0, 0.1) is 5.92 Å². The summed E-state index contributed by atoms with van der Waals surface area (Å²) in [7, 11) is 0. The summed E-state index contributed by atoms with van der Waals surface area (Å²) in [6, 6.07) is 5.43. The van der Waals surface area contributed by atoms with Gasteiger partial charge < -0.3 is 21.1 Å². The Labute approximate surface area is 162 Å². The van der Waals surface area contributed by atoms with Gasteiger partial charge in [0.15, 0.2) is 5.96 Å². The highest BCUT2D eigenvalue weighted by molar-refractivity contribution is 5.78. The van der Waals surface area contributed by atoms with Crippen molar-refractivity contribution < 1.29 is 22.7 Å². The molecule has 1 aromatic rings. The minimum absolute atomic E-state index is 0.0605. The first-order valence-corrected chi connectivity index (χ1v) is 9.47. The maximum absolute atomic E-state index is 12.1. The van der Waals surface area contributed by atoms with E-state index in [2.05, 4.69) is 20.4 Å². The Bertz CT molecular complexity index is 642. The van der Waals surface area contributed by atoms with Crippen molar-refractivity contribution in [3.05, 3.63) is 29.8 Å². The number of aliphatic imine (C=N–C) groups is 1. The van der Waals surface area contributed by atoms with Gasteiger partial charge >= 0.3 is 6.36 Å². The van der Waals surface area contributed by atoms with Crippen LogP contribution in [0.5, 0.6) is 5.75 Å². The number of carbonyl (C=O) groups is 1. The minimum Gasteiger partial charge on any atom is -0.406 e. The Hall–Kier alpha value is -2.45. The van der Waals surface area contributed by atoms with Crippen molar-refractivity contribution in [3.63, 3.8) is 0 Å². The Morgan fingerprint density at radius 3 is 2.39 bits per heavy atom. The number of hydrogen-bond acceptors (Lipinski definition) is 3. The molecule has 1 fully saturated rings. The molecule has 0 heterocycles. The quantitative estimate of drug-likeness (QED) is 0.355. The highest BCUT2D eigenvalue weighted by Gasteiger charge is 2.30. The van der Waals surface area contributed by atoms with Crippen LogP contribution in [-0.2, 0) is 11.3 Å². The van der Waals surface area contributed by atoms with E-state index in [9.17, 15) is 18.0 Å². The third-order valence-electron chi connectivity index (χ3n) is 4.54. The van der Waals surface area contributed by atoms with Gasteiger partial charge in [-0.15, -0.1) is 13.2 Å². The second kappa shape index (κ2) is 10.8. The molecule has 0 radical (unpaired) electrons. The van der Waals surface area contributed by atoms with Crippen molar-refractivity contribution in [2.75, 3.05) is 13.1 Å². The van der Waals surface area contributed by atoms with E-state index in [1.165, 1.54) is 43.5 Å². The van der Waals surface area contributed by atoms with Crippen LogP contribution in [0.4, 0.5) is 13.2 Å². The number of rotatable bonds is 8. The molecule has 0 atom stereocenters. The van der Waals surface area contributed by atoms with Gasteiger partial charge in [0.2, 0.25) is 5.91 Å². The van der Waals surface area contributed by atoms with Crippen LogP contribution in [0.2, 0.25) is 0 Å². The van der Waals surface area contributed by atoms with Gasteiger partial charge in [0.1, 0.15) is 5.75 Å². The number of ether oxygens (including phenoxy) is 1. The lowest BCUT2D eigenvalue weighted by Gasteiger charge is -2.20. The van der Waals surface area contributed by atoms with Gasteiger partial charge in [-0.1, -0.05) is 31.4 Å². The minimum atomic E-state index is -4.71. The fourth-order valence-corrected chi connectivity index (χ4v) is 3.15. The molecular formula is C19H27F3N4O2. The van der Waals surface area contributed by atoms with E-state index in [-0.39, 0.29) is 24.2 Å². The molecule has 156 valence electrons. The fourth-order valence-electron chi connectivity index (χ4n) is 3.15. The van der Waals surface area contributed by atoms with Gasteiger partial charge in [0, 0.05) is 19.5 Å². The number of benzene rings is 1. The Kier molecular flexibility index (Phi) is 8.41. The maximum atomic E-state index is 12.1. The second-order valence-corrected chi connectivity index (χ2v) is 6.88. The molecule has 1 saturated carbocycles. The molecule has 0 bridgehead atoms. The fraction of sp³-hybridized carbons (Fsp3) is 0.579. The van der Waals surface area contributed by atoms with E-state index in [0.29, 0.717) is 31.0 Å². The zero-order chi connectivity index (χ0) is 20.4.